The smallest absolute Gasteiger partial charge is 0.0661 e. The molecule has 2 aliphatic rings. The fourth-order valence-corrected chi connectivity index (χ4v) is 3.83. The first-order valence-electron chi connectivity index (χ1n) is 7.10. The average molecular weight is 257 g/mol. The van der Waals surface area contributed by atoms with Crippen LogP contribution in [-0.2, 0) is 4.74 Å². The van der Waals surface area contributed by atoms with Crippen LogP contribution in [0.25, 0.3) is 0 Å². The molecule has 2 rings (SSSR count). The third kappa shape index (κ3) is 2.66. The molecule has 3 unspecified atom stereocenters. The van der Waals surface area contributed by atoms with Crippen LogP contribution >= 0.6 is 11.8 Å². The summed E-state index contributed by atoms with van der Waals surface area (Å²) in [6.07, 6.45) is 9.53. The lowest BCUT2D eigenvalue weighted by molar-refractivity contribution is -0.130. The third-order valence-electron chi connectivity index (χ3n) is 4.74. The Hall–Kier alpha value is 0.270. The normalized spacial score (nSPS) is 32.6. The van der Waals surface area contributed by atoms with Crippen LogP contribution in [0.15, 0.2) is 0 Å². The highest BCUT2D eigenvalue weighted by Gasteiger charge is 2.56. The molecule has 0 saturated heterocycles. The molecule has 0 aromatic rings. The van der Waals surface area contributed by atoms with Crippen LogP contribution in [0.4, 0.5) is 0 Å². The molecule has 0 aromatic carbocycles. The summed E-state index contributed by atoms with van der Waals surface area (Å²) in [5.74, 6) is 0. The van der Waals surface area contributed by atoms with Gasteiger partial charge in [0.15, 0.2) is 0 Å². The largest absolute Gasteiger partial charge is 0.378 e. The van der Waals surface area contributed by atoms with Gasteiger partial charge in [-0.05, 0) is 32.4 Å². The Morgan fingerprint density at radius 1 is 1.41 bits per heavy atom. The summed E-state index contributed by atoms with van der Waals surface area (Å²) in [6.45, 7) is 6.45. The molecule has 1 spiro atoms. The van der Waals surface area contributed by atoms with Crippen LogP contribution in [-0.4, -0.2) is 36.8 Å². The summed E-state index contributed by atoms with van der Waals surface area (Å²) in [7, 11) is 0. The van der Waals surface area contributed by atoms with Crippen molar-refractivity contribution in [2.45, 2.75) is 63.3 Å². The van der Waals surface area contributed by atoms with E-state index in [2.05, 4.69) is 25.4 Å². The molecule has 2 aliphatic carbocycles. The van der Waals surface area contributed by atoms with Gasteiger partial charge in [-0.25, -0.2) is 0 Å². The molecule has 0 heterocycles. The molecule has 3 atom stereocenters. The minimum absolute atomic E-state index is 0.494. The second-order valence-corrected chi connectivity index (χ2v) is 6.90. The SMILES string of the molecule is CCOC1CC(NCC(C)SC)C12CCCC2. The van der Waals surface area contributed by atoms with Gasteiger partial charge >= 0.3 is 0 Å². The second kappa shape index (κ2) is 5.94. The molecule has 0 aromatic heterocycles. The van der Waals surface area contributed by atoms with Crippen LogP contribution in [0.5, 0.6) is 0 Å². The van der Waals surface area contributed by atoms with Crippen LogP contribution in [0.2, 0.25) is 0 Å². The zero-order valence-corrected chi connectivity index (χ0v) is 12.3. The summed E-state index contributed by atoms with van der Waals surface area (Å²) in [6, 6.07) is 0.719. The van der Waals surface area contributed by atoms with E-state index in [4.69, 9.17) is 4.74 Å². The first-order valence-corrected chi connectivity index (χ1v) is 8.39. The predicted octanol–water partition coefficient (Wildman–Crippen LogP) is 3.07. The van der Waals surface area contributed by atoms with Crippen LogP contribution in [0, 0.1) is 5.41 Å². The van der Waals surface area contributed by atoms with Crippen molar-refractivity contribution < 1.29 is 4.74 Å². The van der Waals surface area contributed by atoms with Gasteiger partial charge in [-0.15, -0.1) is 0 Å². The molecule has 0 aliphatic heterocycles. The maximum Gasteiger partial charge on any atom is 0.0661 e. The van der Waals surface area contributed by atoms with Crippen molar-refractivity contribution in [3.05, 3.63) is 0 Å². The summed E-state index contributed by atoms with van der Waals surface area (Å²) >= 11 is 1.95. The van der Waals surface area contributed by atoms with Crippen molar-refractivity contribution in [3.63, 3.8) is 0 Å². The van der Waals surface area contributed by atoms with Gasteiger partial charge < -0.3 is 10.1 Å². The van der Waals surface area contributed by atoms with E-state index < -0.39 is 0 Å². The average Bonchev–Trinajstić information content (AvgIpc) is 2.84. The quantitative estimate of drug-likeness (QED) is 0.790. The molecular weight excluding hydrogens is 230 g/mol. The molecule has 2 fully saturated rings. The van der Waals surface area contributed by atoms with Crippen LogP contribution < -0.4 is 5.32 Å². The number of hydrogen-bond acceptors (Lipinski definition) is 3. The van der Waals surface area contributed by atoms with Gasteiger partial charge in [-0.1, -0.05) is 19.8 Å². The highest BCUT2D eigenvalue weighted by molar-refractivity contribution is 7.99. The van der Waals surface area contributed by atoms with Gasteiger partial charge in [0.25, 0.3) is 0 Å². The van der Waals surface area contributed by atoms with Crippen LogP contribution in [0.3, 0.4) is 0 Å². The zero-order valence-electron chi connectivity index (χ0n) is 11.5. The number of rotatable bonds is 6. The molecule has 2 nitrogen and oxygen atoms in total. The van der Waals surface area contributed by atoms with E-state index in [1.807, 2.05) is 11.8 Å². The first-order chi connectivity index (χ1) is 8.23. The van der Waals surface area contributed by atoms with Crippen molar-refractivity contribution in [2.75, 3.05) is 19.4 Å². The van der Waals surface area contributed by atoms with E-state index in [9.17, 15) is 0 Å². The summed E-state index contributed by atoms with van der Waals surface area (Å²) in [5, 5.41) is 4.51. The van der Waals surface area contributed by atoms with E-state index in [1.54, 1.807) is 0 Å². The topological polar surface area (TPSA) is 21.3 Å². The first kappa shape index (κ1) is 13.7. The van der Waals surface area contributed by atoms with Gasteiger partial charge in [0.1, 0.15) is 0 Å². The predicted molar refractivity (Wildman–Crippen MR) is 75.7 cm³/mol. The molecule has 17 heavy (non-hydrogen) atoms. The minimum Gasteiger partial charge on any atom is -0.378 e. The fraction of sp³-hybridized carbons (Fsp3) is 1.00. The fourth-order valence-electron chi connectivity index (χ4n) is 3.56. The Labute approximate surface area is 110 Å². The lowest BCUT2D eigenvalue weighted by Gasteiger charge is -2.54. The zero-order chi connectivity index (χ0) is 12.3. The number of thioether (sulfide) groups is 1. The van der Waals surface area contributed by atoms with Crippen molar-refractivity contribution in [3.8, 4) is 0 Å². The minimum atomic E-state index is 0.494. The summed E-state index contributed by atoms with van der Waals surface area (Å²) in [4.78, 5) is 0. The van der Waals surface area contributed by atoms with Crippen molar-refractivity contribution in [1.82, 2.24) is 5.32 Å². The Bertz CT molecular complexity index is 240. The van der Waals surface area contributed by atoms with E-state index in [0.717, 1.165) is 24.4 Å². The van der Waals surface area contributed by atoms with Gasteiger partial charge in [0.05, 0.1) is 6.10 Å². The lowest BCUT2D eigenvalue weighted by atomic mass is 9.60. The maximum absolute atomic E-state index is 5.93. The van der Waals surface area contributed by atoms with Gasteiger partial charge in [0.2, 0.25) is 0 Å². The van der Waals surface area contributed by atoms with E-state index >= 15 is 0 Å². The van der Waals surface area contributed by atoms with E-state index in [1.165, 1.54) is 32.1 Å². The molecule has 0 radical (unpaired) electrons. The molecule has 100 valence electrons. The molecule has 3 heteroatoms. The van der Waals surface area contributed by atoms with Crippen molar-refractivity contribution >= 4 is 11.8 Å². The van der Waals surface area contributed by atoms with Gasteiger partial charge in [-0.3, -0.25) is 0 Å². The molecule has 0 bridgehead atoms. The highest BCUT2D eigenvalue weighted by Crippen LogP contribution is 2.54. The van der Waals surface area contributed by atoms with Gasteiger partial charge in [0, 0.05) is 29.9 Å². The molecule has 1 N–H and O–H groups in total. The van der Waals surface area contributed by atoms with E-state index in [-0.39, 0.29) is 0 Å². The second-order valence-electron chi connectivity index (χ2n) is 5.63. The van der Waals surface area contributed by atoms with Crippen molar-refractivity contribution in [2.24, 2.45) is 5.41 Å². The standard InChI is InChI=1S/C14H27NOS/c1-4-16-13-9-12(15-10-11(2)17-3)14(13)7-5-6-8-14/h11-13,15H,4-10H2,1-3H3. The number of hydrogen-bond donors (Lipinski definition) is 1. The Balaban J connectivity index is 1.87. The van der Waals surface area contributed by atoms with Crippen molar-refractivity contribution in [1.29, 1.82) is 0 Å². The Morgan fingerprint density at radius 2 is 2.12 bits per heavy atom. The maximum atomic E-state index is 5.93. The number of ether oxygens (including phenoxy) is 1. The van der Waals surface area contributed by atoms with Gasteiger partial charge in [-0.2, -0.15) is 11.8 Å². The molecule has 2 saturated carbocycles. The Kier molecular flexibility index (Phi) is 4.79. The van der Waals surface area contributed by atoms with Crippen LogP contribution in [0.1, 0.15) is 46.0 Å². The molecule has 0 amide bonds. The lowest BCUT2D eigenvalue weighted by Crippen LogP contribution is -2.63. The third-order valence-corrected chi connectivity index (χ3v) is 5.71. The molecular formula is C14H27NOS. The summed E-state index contributed by atoms with van der Waals surface area (Å²) < 4.78 is 5.93. The number of nitrogens with one attached hydrogen (secondary N) is 1. The Morgan fingerprint density at radius 3 is 2.71 bits per heavy atom. The summed E-state index contributed by atoms with van der Waals surface area (Å²) in [5.41, 5.74) is 0.494. The van der Waals surface area contributed by atoms with E-state index in [0.29, 0.717) is 11.5 Å². The highest BCUT2D eigenvalue weighted by atomic mass is 32.2. The monoisotopic (exact) mass is 257 g/mol.